The Balaban J connectivity index is 1.52. The number of thiazole rings is 1. The molecular formula is C25H21N3O3S. The normalized spacial score (nSPS) is 10.4. The molecule has 0 bridgehead atoms. The Kier molecular flexibility index (Phi) is 6.28. The Labute approximate surface area is 189 Å². The van der Waals surface area contributed by atoms with Crippen LogP contribution in [-0.4, -0.2) is 23.9 Å². The molecule has 0 saturated carbocycles. The van der Waals surface area contributed by atoms with Crippen molar-refractivity contribution in [3.05, 3.63) is 95.0 Å². The van der Waals surface area contributed by atoms with Crippen molar-refractivity contribution in [1.29, 1.82) is 0 Å². The predicted octanol–water partition coefficient (Wildman–Crippen LogP) is 5.63. The number of benzene rings is 3. The van der Waals surface area contributed by atoms with Crippen molar-refractivity contribution in [2.75, 3.05) is 17.7 Å². The summed E-state index contributed by atoms with van der Waals surface area (Å²) in [6, 6.07) is 22.0. The number of carbonyl (C=O) groups excluding carboxylic acids is 2. The van der Waals surface area contributed by atoms with Gasteiger partial charge in [-0.15, -0.1) is 11.3 Å². The van der Waals surface area contributed by atoms with Crippen molar-refractivity contribution in [2.24, 2.45) is 0 Å². The zero-order valence-electron chi connectivity index (χ0n) is 17.6. The first kappa shape index (κ1) is 21.3. The van der Waals surface area contributed by atoms with Crippen molar-refractivity contribution in [3.63, 3.8) is 0 Å². The van der Waals surface area contributed by atoms with E-state index < -0.39 is 0 Å². The number of hydrogen-bond donors (Lipinski definition) is 2. The smallest absolute Gasteiger partial charge is 0.275 e. The molecule has 0 saturated heterocycles. The molecule has 0 fully saturated rings. The molecule has 1 aromatic heterocycles. The molecule has 2 N–H and O–H groups in total. The van der Waals surface area contributed by atoms with E-state index in [2.05, 4.69) is 15.6 Å². The second-order valence-electron chi connectivity index (χ2n) is 6.99. The van der Waals surface area contributed by atoms with Crippen LogP contribution in [0.25, 0.3) is 10.6 Å². The van der Waals surface area contributed by atoms with Gasteiger partial charge in [0, 0.05) is 22.3 Å². The maximum absolute atomic E-state index is 12.8. The van der Waals surface area contributed by atoms with E-state index >= 15 is 0 Å². The van der Waals surface area contributed by atoms with Gasteiger partial charge in [-0.1, -0.05) is 36.4 Å². The fraction of sp³-hybridized carbons (Fsp3) is 0.0800. The number of nitrogens with one attached hydrogen (secondary N) is 2. The Bertz CT molecular complexity index is 1270. The monoisotopic (exact) mass is 443 g/mol. The second kappa shape index (κ2) is 9.45. The van der Waals surface area contributed by atoms with Gasteiger partial charge in [0.05, 0.1) is 12.7 Å². The number of ether oxygens (including phenoxy) is 1. The molecule has 4 aromatic rings. The molecule has 2 amide bonds. The van der Waals surface area contributed by atoms with Crippen LogP contribution in [0.2, 0.25) is 0 Å². The Hall–Kier alpha value is -3.97. The third-order valence-electron chi connectivity index (χ3n) is 4.93. The van der Waals surface area contributed by atoms with Crippen molar-refractivity contribution in [3.8, 4) is 16.3 Å². The van der Waals surface area contributed by atoms with Crippen LogP contribution in [0.1, 0.15) is 26.4 Å². The second-order valence-corrected chi connectivity index (χ2v) is 7.85. The molecule has 6 nitrogen and oxygen atoms in total. The van der Waals surface area contributed by atoms with Crippen LogP contribution in [0.4, 0.5) is 11.4 Å². The zero-order valence-corrected chi connectivity index (χ0v) is 18.4. The number of aromatic nitrogens is 1. The summed E-state index contributed by atoms with van der Waals surface area (Å²) in [4.78, 5) is 30.0. The Morgan fingerprint density at radius 3 is 2.41 bits per heavy atom. The lowest BCUT2D eigenvalue weighted by Crippen LogP contribution is -2.17. The molecule has 0 aliphatic heterocycles. The number of anilines is 2. The van der Waals surface area contributed by atoms with Crippen LogP contribution in [-0.2, 0) is 0 Å². The zero-order chi connectivity index (χ0) is 22.5. The highest BCUT2D eigenvalue weighted by atomic mass is 32.1. The number of hydrogen-bond acceptors (Lipinski definition) is 5. The van der Waals surface area contributed by atoms with Crippen molar-refractivity contribution in [2.45, 2.75) is 6.92 Å². The summed E-state index contributed by atoms with van der Waals surface area (Å²) in [6.45, 7) is 1.80. The van der Waals surface area contributed by atoms with Crippen LogP contribution in [0, 0.1) is 6.92 Å². The lowest BCUT2D eigenvalue weighted by molar-refractivity contribution is 0.101. The van der Waals surface area contributed by atoms with Gasteiger partial charge in [0.15, 0.2) is 0 Å². The van der Waals surface area contributed by atoms with Crippen LogP contribution >= 0.6 is 11.3 Å². The van der Waals surface area contributed by atoms with Gasteiger partial charge in [0.1, 0.15) is 16.5 Å². The van der Waals surface area contributed by atoms with Crippen LogP contribution in [0.15, 0.2) is 78.2 Å². The molecule has 3 aromatic carbocycles. The number of amides is 2. The molecule has 7 heteroatoms. The van der Waals surface area contributed by atoms with Gasteiger partial charge >= 0.3 is 0 Å². The third kappa shape index (κ3) is 4.53. The first-order valence-corrected chi connectivity index (χ1v) is 10.8. The standard InChI is InChI=1S/C25H21N3O3S/c1-16-18(23(29)26-17-9-4-3-5-10-17)12-8-13-20(16)27-24(30)21-15-32-25(28-21)19-11-6-7-14-22(19)31-2/h3-15H,1-2H3,(H,26,29)(H,27,30). The molecule has 1 heterocycles. The summed E-state index contributed by atoms with van der Waals surface area (Å²) >= 11 is 1.37. The maximum Gasteiger partial charge on any atom is 0.275 e. The van der Waals surface area contributed by atoms with Gasteiger partial charge in [-0.3, -0.25) is 9.59 Å². The van der Waals surface area contributed by atoms with Crippen molar-refractivity contribution >= 4 is 34.5 Å². The van der Waals surface area contributed by atoms with E-state index in [9.17, 15) is 9.59 Å². The van der Waals surface area contributed by atoms with E-state index in [0.29, 0.717) is 39.0 Å². The molecule has 0 aliphatic rings. The molecule has 0 atom stereocenters. The first-order chi connectivity index (χ1) is 15.6. The minimum atomic E-state index is -0.342. The van der Waals surface area contributed by atoms with Gasteiger partial charge in [-0.2, -0.15) is 0 Å². The lowest BCUT2D eigenvalue weighted by atomic mass is 10.1. The van der Waals surface area contributed by atoms with E-state index in [1.807, 2.05) is 54.6 Å². The molecule has 32 heavy (non-hydrogen) atoms. The Morgan fingerprint density at radius 2 is 1.62 bits per heavy atom. The highest BCUT2D eigenvalue weighted by Gasteiger charge is 2.17. The number of carbonyl (C=O) groups is 2. The number of para-hydroxylation sites is 2. The summed E-state index contributed by atoms with van der Waals surface area (Å²) in [5.74, 6) is 0.116. The molecule has 4 rings (SSSR count). The summed E-state index contributed by atoms with van der Waals surface area (Å²) in [5.41, 5.74) is 3.55. The Morgan fingerprint density at radius 1 is 0.875 bits per heavy atom. The van der Waals surface area contributed by atoms with Gasteiger partial charge in [0.25, 0.3) is 11.8 Å². The molecule has 160 valence electrons. The average molecular weight is 444 g/mol. The van der Waals surface area contributed by atoms with Crippen molar-refractivity contribution < 1.29 is 14.3 Å². The van der Waals surface area contributed by atoms with Gasteiger partial charge < -0.3 is 15.4 Å². The highest BCUT2D eigenvalue weighted by molar-refractivity contribution is 7.13. The molecular weight excluding hydrogens is 422 g/mol. The largest absolute Gasteiger partial charge is 0.496 e. The maximum atomic E-state index is 12.8. The van der Waals surface area contributed by atoms with Crippen LogP contribution in [0.5, 0.6) is 5.75 Å². The summed E-state index contributed by atoms with van der Waals surface area (Å²) in [5, 5.41) is 8.14. The van der Waals surface area contributed by atoms with Gasteiger partial charge in [-0.05, 0) is 48.9 Å². The number of methoxy groups -OCH3 is 1. The van der Waals surface area contributed by atoms with E-state index in [4.69, 9.17) is 4.74 Å². The van der Waals surface area contributed by atoms with E-state index in [0.717, 1.165) is 5.56 Å². The minimum Gasteiger partial charge on any atom is -0.496 e. The quantitative estimate of drug-likeness (QED) is 0.405. The van der Waals surface area contributed by atoms with Crippen LogP contribution in [0.3, 0.4) is 0 Å². The topological polar surface area (TPSA) is 80.3 Å². The summed E-state index contributed by atoms with van der Waals surface area (Å²) in [7, 11) is 1.60. The van der Waals surface area contributed by atoms with Gasteiger partial charge in [-0.25, -0.2) is 4.98 Å². The summed E-state index contributed by atoms with van der Waals surface area (Å²) < 4.78 is 5.39. The minimum absolute atomic E-state index is 0.239. The van der Waals surface area contributed by atoms with Crippen molar-refractivity contribution in [1.82, 2.24) is 4.98 Å². The highest BCUT2D eigenvalue weighted by Crippen LogP contribution is 2.32. The SMILES string of the molecule is COc1ccccc1-c1nc(C(=O)Nc2cccc(C(=O)Nc3ccccc3)c2C)cs1. The third-order valence-corrected chi connectivity index (χ3v) is 5.81. The van der Waals surface area contributed by atoms with Crippen LogP contribution < -0.4 is 15.4 Å². The van der Waals surface area contributed by atoms with E-state index in [1.54, 1.807) is 37.6 Å². The summed E-state index contributed by atoms with van der Waals surface area (Å²) in [6.07, 6.45) is 0. The lowest BCUT2D eigenvalue weighted by Gasteiger charge is -2.12. The molecule has 0 spiro atoms. The first-order valence-electron chi connectivity index (χ1n) is 9.93. The number of nitrogens with zero attached hydrogens (tertiary/aromatic N) is 1. The fourth-order valence-electron chi connectivity index (χ4n) is 3.25. The fourth-order valence-corrected chi connectivity index (χ4v) is 4.08. The molecule has 0 aliphatic carbocycles. The van der Waals surface area contributed by atoms with Gasteiger partial charge in [0.2, 0.25) is 0 Å². The predicted molar refractivity (Wildman–Crippen MR) is 128 cm³/mol. The van der Waals surface area contributed by atoms with E-state index in [-0.39, 0.29) is 11.8 Å². The molecule has 0 unspecified atom stereocenters. The number of rotatable bonds is 6. The van der Waals surface area contributed by atoms with E-state index in [1.165, 1.54) is 11.3 Å². The average Bonchev–Trinajstić information content (AvgIpc) is 3.31. The molecule has 0 radical (unpaired) electrons.